The Morgan fingerprint density at radius 2 is 1.94 bits per heavy atom. The van der Waals surface area contributed by atoms with Crippen LogP contribution in [0.15, 0.2) is 0 Å². The molecule has 0 amide bonds. The van der Waals surface area contributed by atoms with Crippen LogP contribution < -0.4 is 5.32 Å². The number of alkyl halides is 3. The van der Waals surface area contributed by atoms with Gasteiger partial charge in [0.1, 0.15) is 6.61 Å². The first-order valence-electron chi connectivity index (χ1n) is 5.74. The van der Waals surface area contributed by atoms with Crippen LogP contribution in [0.3, 0.4) is 0 Å². The summed E-state index contributed by atoms with van der Waals surface area (Å²) in [5, 5.41) is 3.06. The van der Waals surface area contributed by atoms with Crippen LogP contribution in [0.1, 0.15) is 33.6 Å². The second-order valence-corrected chi connectivity index (χ2v) is 4.34. The number of hydrogen-bond acceptors (Lipinski definition) is 3. The predicted molar refractivity (Wildman–Crippen MR) is 58.6 cm³/mol. The average molecular weight is 255 g/mol. The zero-order chi connectivity index (χ0) is 13.5. The molecule has 0 fully saturated rings. The summed E-state index contributed by atoms with van der Waals surface area (Å²) in [6, 6.07) is -0.222. The van der Waals surface area contributed by atoms with Crippen LogP contribution in [0.4, 0.5) is 13.2 Å². The lowest BCUT2D eigenvalue weighted by molar-refractivity contribution is -0.200. The van der Waals surface area contributed by atoms with E-state index in [1.54, 1.807) is 0 Å². The van der Waals surface area contributed by atoms with E-state index in [1.807, 2.05) is 6.92 Å². The number of carbonyl (C=O) groups is 1. The van der Waals surface area contributed by atoms with Gasteiger partial charge >= 0.3 is 12.1 Å². The number of nitrogens with one attached hydrogen (secondary N) is 1. The van der Waals surface area contributed by atoms with Crippen molar-refractivity contribution < 1.29 is 22.7 Å². The Labute approximate surface area is 99.7 Å². The highest BCUT2D eigenvalue weighted by molar-refractivity contribution is 5.75. The minimum absolute atomic E-state index is 0.222. The van der Waals surface area contributed by atoms with Gasteiger partial charge in [-0.3, -0.25) is 0 Å². The second-order valence-electron chi connectivity index (χ2n) is 4.34. The molecule has 0 spiro atoms. The van der Waals surface area contributed by atoms with Crippen LogP contribution in [-0.2, 0) is 9.53 Å². The van der Waals surface area contributed by atoms with Gasteiger partial charge in [-0.15, -0.1) is 0 Å². The van der Waals surface area contributed by atoms with Gasteiger partial charge in [0.15, 0.2) is 0 Å². The first-order valence-corrected chi connectivity index (χ1v) is 5.74. The van der Waals surface area contributed by atoms with Crippen LogP contribution in [0.25, 0.3) is 0 Å². The van der Waals surface area contributed by atoms with E-state index in [4.69, 9.17) is 0 Å². The van der Waals surface area contributed by atoms with E-state index in [0.717, 1.165) is 6.42 Å². The Kier molecular flexibility index (Phi) is 7.18. The fraction of sp³-hybridized carbons (Fsp3) is 0.909. The first-order chi connectivity index (χ1) is 7.77. The molecule has 0 saturated heterocycles. The quantitative estimate of drug-likeness (QED) is 0.710. The van der Waals surface area contributed by atoms with Crippen LogP contribution in [0.2, 0.25) is 0 Å². The smallest absolute Gasteiger partial charge is 0.457 e. The van der Waals surface area contributed by atoms with E-state index in [-0.39, 0.29) is 12.6 Å². The lowest BCUT2D eigenvalue weighted by Crippen LogP contribution is -2.37. The van der Waals surface area contributed by atoms with Crippen molar-refractivity contribution in [2.45, 2.75) is 45.8 Å². The predicted octanol–water partition coefficient (Wildman–Crippen LogP) is 2.51. The molecule has 0 aromatic carbocycles. The van der Waals surface area contributed by atoms with Crippen molar-refractivity contribution in [2.75, 3.05) is 13.2 Å². The van der Waals surface area contributed by atoms with Crippen LogP contribution >= 0.6 is 0 Å². The van der Waals surface area contributed by atoms with Crippen molar-refractivity contribution in [3.05, 3.63) is 0 Å². The van der Waals surface area contributed by atoms with E-state index >= 15 is 0 Å². The third-order valence-electron chi connectivity index (χ3n) is 2.29. The zero-order valence-electron chi connectivity index (χ0n) is 10.4. The van der Waals surface area contributed by atoms with Crippen molar-refractivity contribution in [3.63, 3.8) is 0 Å². The van der Waals surface area contributed by atoms with Crippen LogP contribution in [0.5, 0.6) is 0 Å². The minimum atomic E-state index is -4.91. The van der Waals surface area contributed by atoms with Crippen molar-refractivity contribution in [3.8, 4) is 0 Å². The van der Waals surface area contributed by atoms with Gasteiger partial charge in [0.2, 0.25) is 0 Å². The van der Waals surface area contributed by atoms with Crippen molar-refractivity contribution in [1.82, 2.24) is 5.32 Å². The van der Waals surface area contributed by atoms with Crippen molar-refractivity contribution >= 4 is 5.97 Å². The molecule has 0 aromatic heterocycles. The van der Waals surface area contributed by atoms with E-state index in [2.05, 4.69) is 23.9 Å². The van der Waals surface area contributed by atoms with E-state index in [9.17, 15) is 18.0 Å². The molecule has 102 valence electrons. The van der Waals surface area contributed by atoms with Gasteiger partial charge in [-0.1, -0.05) is 20.8 Å². The summed E-state index contributed by atoms with van der Waals surface area (Å²) in [4.78, 5) is 10.5. The largest absolute Gasteiger partial charge is 0.490 e. The summed E-state index contributed by atoms with van der Waals surface area (Å²) in [6.07, 6.45) is -3.36. The number of carbonyl (C=O) groups excluding carboxylic acids is 1. The molecule has 0 bridgehead atoms. The number of esters is 1. The summed E-state index contributed by atoms with van der Waals surface area (Å²) in [5.41, 5.74) is 0. The SMILES string of the molecule is CCC(COC(=O)C(F)(F)F)NCCC(C)C. The molecule has 1 unspecified atom stereocenters. The molecule has 0 rings (SSSR count). The topological polar surface area (TPSA) is 38.3 Å². The Bertz CT molecular complexity index is 229. The number of rotatable bonds is 7. The van der Waals surface area contributed by atoms with Gasteiger partial charge in [-0.05, 0) is 25.3 Å². The third-order valence-corrected chi connectivity index (χ3v) is 2.29. The van der Waals surface area contributed by atoms with Crippen LogP contribution in [-0.4, -0.2) is 31.3 Å². The fourth-order valence-electron chi connectivity index (χ4n) is 1.16. The lowest BCUT2D eigenvalue weighted by Gasteiger charge is -2.18. The average Bonchev–Trinajstić information content (AvgIpc) is 2.20. The molecular weight excluding hydrogens is 235 g/mol. The van der Waals surface area contributed by atoms with Gasteiger partial charge in [0.25, 0.3) is 0 Å². The molecule has 0 radical (unpaired) electrons. The highest BCUT2D eigenvalue weighted by atomic mass is 19.4. The highest BCUT2D eigenvalue weighted by Gasteiger charge is 2.41. The molecule has 0 aromatic rings. The first kappa shape index (κ1) is 16.2. The van der Waals surface area contributed by atoms with E-state index in [0.29, 0.717) is 18.9 Å². The van der Waals surface area contributed by atoms with Gasteiger partial charge < -0.3 is 10.1 Å². The molecule has 0 aliphatic heterocycles. The molecule has 1 N–H and O–H groups in total. The van der Waals surface area contributed by atoms with E-state index < -0.39 is 12.1 Å². The molecule has 0 heterocycles. The molecule has 0 aliphatic carbocycles. The highest BCUT2D eigenvalue weighted by Crippen LogP contribution is 2.16. The molecule has 6 heteroatoms. The Morgan fingerprint density at radius 3 is 2.35 bits per heavy atom. The normalized spacial score (nSPS) is 13.8. The van der Waals surface area contributed by atoms with Gasteiger partial charge in [0, 0.05) is 6.04 Å². The lowest BCUT2D eigenvalue weighted by atomic mass is 10.1. The molecular formula is C11H20F3NO2. The maximum Gasteiger partial charge on any atom is 0.490 e. The maximum atomic E-state index is 11.9. The molecule has 17 heavy (non-hydrogen) atoms. The van der Waals surface area contributed by atoms with E-state index in [1.165, 1.54) is 0 Å². The molecule has 1 atom stereocenters. The Hall–Kier alpha value is -0.780. The summed E-state index contributed by atoms with van der Waals surface area (Å²) in [7, 11) is 0. The minimum Gasteiger partial charge on any atom is -0.457 e. The number of hydrogen-bond donors (Lipinski definition) is 1. The van der Waals surface area contributed by atoms with Gasteiger partial charge in [-0.2, -0.15) is 13.2 Å². The fourth-order valence-corrected chi connectivity index (χ4v) is 1.16. The number of halogens is 3. The molecule has 3 nitrogen and oxygen atoms in total. The second kappa shape index (κ2) is 7.53. The summed E-state index contributed by atoms with van der Waals surface area (Å²) >= 11 is 0. The summed E-state index contributed by atoms with van der Waals surface area (Å²) < 4.78 is 39.8. The van der Waals surface area contributed by atoms with Crippen LogP contribution in [0, 0.1) is 5.92 Å². The monoisotopic (exact) mass is 255 g/mol. The van der Waals surface area contributed by atoms with Gasteiger partial charge in [-0.25, -0.2) is 4.79 Å². The molecule has 0 saturated carbocycles. The zero-order valence-corrected chi connectivity index (χ0v) is 10.4. The summed E-state index contributed by atoms with van der Waals surface area (Å²) in [5.74, 6) is -1.60. The molecule has 0 aliphatic rings. The summed E-state index contributed by atoms with van der Waals surface area (Å²) in [6.45, 7) is 6.42. The number of ether oxygens (including phenoxy) is 1. The third kappa shape index (κ3) is 8.01. The van der Waals surface area contributed by atoms with Crippen molar-refractivity contribution in [2.24, 2.45) is 5.92 Å². The standard InChI is InChI=1S/C11H20F3NO2/c1-4-9(15-6-5-8(2)3)7-17-10(16)11(12,13)14/h8-9,15H,4-7H2,1-3H3. The maximum absolute atomic E-state index is 11.9. The Morgan fingerprint density at radius 1 is 1.35 bits per heavy atom. The Balaban J connectivity index is 3.86. The van der Waals surface area contributed by atoms with Crippen molar-refractivity contribution in [1.29, 1.82) is 0 Å². The van der Waals surface area contributed by atoms with Gasteiger partial charge in [0.05, 0.1) is 0 Å².